The van der Waals surface area contributed by atoms with Crippen molar-refractivity contribution in [2.24, 2.45) is 5.92 Å². The lowest BCUT2D eigenvalue weighted by Crippen LogP contribution is -2.35. The van der Waals surface area contributed by atoms with Crippen molar-refractivity contribution < 1.29 is 4.92 Å². The predicted molar refractivity (Wildman–Crippen MR) is 100 cm³/mol. The highest BCUT2D eigenvalue weighted by Gasteiger charge is 2.21. The lowest BCUT2D eigenvalue weighted by atomic mass is 10.0. The van der Waals surface area contributed by atoms with Gasteiger partial charge in [0.2, 0.25) is 0 Å². The van der Waals surface area contributed by atoms with Gasteiger partial charge in [-0.3, -0.25) is 10.1 Å². The van der Waals surface area contributed by atoms with Crippen LogP contribution in [0.4, 0.5) is 11.5 Å². The van der Waals surface area contributed by atoms with Gasteiger partial charge in [-0.2, -0.15) is 9.61 Å². The lowest BCUT2D eigenvalue weighted by molar-refractivity contribution is -0.384. The van der Waals surface area contributed by atoms with Crippen LogP contribution >= 0.6 is 0 Å². The van der Waals surface area contributed by atoms with Gasteiger partial charge in [-0.15, -0.1) is 0 Å². The van der Waals surface area contributed by atoms with Gasteiger partial charge < -0.3 is 4.90 Å². The van der Waals surface area contributed by atoms with E-state index in [1.165, 1.54) is 18.9 Å². The summed E-state index contributed by atoms with van der Waals surface area (Å²) in [5, 5.41) is 15.8. The fourth-order valence-electron chi connectivity index (χ4n) is 3.62. The number of benzene rings is 1. The summed E-state index contributed by atoms with van der Waals surface area (Å²) < 4.78 is 1.86. The molecule has 3 heterocycles. The zero-order valence-corrected chi connectivity index (χ0v) is 14.9. The van der Waals surface area contributed by atoms with E-state index in [1.54, 1.807) is 12.1 Å². The van der Waals surface area contributed by atoms with Gasteiger partial charge in [-0.25, -0.2) is 4.98 Å². The van der Waals surface area contributed by atoms with E-state index >= 15 is 0 Å². The molecule has 134 valence electrons. The van der Waals surface area contributed by atoms with Crippen LogP contribution in [0.25, 0.3) is 16.9 Å². The van der Waals surface area contributed by atoms with Crippen molar-refractivity contribution in [2.75, 3.05) is 18.0 Å². The van der Waals surface area contributed by atoms with E-state index < -0.39 is 0 Å². The number of anilines is 1. The van der Waals surface area contributed by atoms with Crippen molar-refractivity contribution in [3.05, 3.63) is 52.2 Å². The smallest absolute Gasteiger partial charge is 0.270 e. The van der Waals surface area contributed by atoms with Crippen LogP contribution in [0.1, 0.15) is 25.5 Å². The molecule has 4 rings (SSSR count). The van der Waals surface area contributed by atoms with Gasteiger partial charge in [0.1, 0.15) is 5.82 Å². The molecule has 0 radical (unpaired) electrons. The number of aromatic nitrogens is 3. The highest BCUT2D eigenvalue weighted by atomic mass is 16.6. The van der Waals surface area contributed by atoms with Gasteiger partial charge in [0, 0.05) is 48.6 Å². The van der Waals surface area contributed by atoms with Crippen LogP contribution in [0.5, 0.6) is 0 Å². The Balaban J connectivity index is 1.81. The molecular weight excluding hydrogens is 330 g/mol. The number of hydrogen-bond donors (Lipinski definition) is 0. The van der Waals surface area contributed by atoms with Crippen LogP contribution in [0.2, 0.25) is 0 Å². The molecule has 0 N–H and O–H groups in total. The van der Waals surface area contributed by atoms with Crippen molar-refractivity contribution in [1.82, 2.24) is 14.6 Å². The second-order valence-electron chi connectivity index (χ2n) is 7.06. The maximum absolute atomic E-state index is 11.1. The molecule has 1 fully saturated rings. The normalized spacial score (nSPS) is 17.6. The molecular formula is C19H21N5O2. The number of hydrogen-bond acceptors (Lipinski definition) is 5. The van der Waals surface area contributed by atoms with Crippen molar-refractivity contribution >= 4 is 17.2 Å². The van der Waals surface area contributed by atoms with Gasteiger partial charge in [-0.05, 0) is 25.7 Å². The molecule has 1 aliphatic rings. The first kappa shape index (κ1) is 16.5. The summed E-state index contributed by atoms with van der Waals surface area (Å²) in [6.07, 6.45) is 2.42. The minimum absolute atomic E-state index is 0.0637. The molecule has 3 aromatic rings. The summed E-state index contributed by atoms with van der Waals surface area (Å²) in [5.74, 6) is 1.69. The number of rotatable bonds is 3. The maximum Gasteiger partial charge on any atom is 0.270 e. The van der Waals surface area contributed by atoms with Crippen LogP contribution in [-0.4, -0.2) is 32.6 Å². The molecule has 2 aromatic heterocycles. The molecule has 1 aliphatic heterocycles. The zero-order chi connectivity index (χ0) is 18.3. The Morgan fingerprint density at radius 1 is 1.27 bits per heavy atom. The van der Waals surface area contributed by atoms with E-state index in [9.17, 15) is 10.1 Å². The van der Waals surface area contributed by atoms with Crippen molar-refractivity contribution in [2.45, 2.75) is 26.7 Å². The number of aryl methyl sites for hydroxylation is 1. The van der Waals surface area contributed by atoms with Crippen LogP contribution in [0.15, 0.2) is 36.4 Å². The molecule has 0 unspecified atom stereocenters. The van der Waals surface area contributed by atoms with Gasteiger partial charge in [-0.1, -0.05) is 19.1 Å². The molecule has 1 atom stereocenters. The second-order valence-corrected chi connectivity index (χ2v) is 7.06. The molecule has 0 amide bonds. The van der Waals surface area contributed by atoms with Crippen LogP contribution < -0.4 is 4.90 Å². The summed E-state index contributed by atoms with van der Waals surface area (Å²) in [6.45, 7) is 6.27. The topological polar surface area (TPSA) is 76.6 Å². The SMILES string of the molecule is Cc1cc(N2CCC[C@@H](C)C2)n2nc(-c3cccc([N+](=O)[O-])c3)cc2n1. The zero-order valence-electron chi connectivity index (χ0n) is 14.9. The van der Waals surface area contributed by atoms with E-state index in [2.05, 4.69) is 22.9 Å². The molecule has 0 aliphatic carbocycles. The quantitative estimate of drug-likeness (QED) is 0.529. The minimum Gasteiger partial charge on any atom is -0.356 e. The predicted octanol–water partition coefficient (Wildman–Crippen LogP) is 3.85. The maximum atomic E-state index is 11.1. The first-order valence-electron chi connectivity index (χ1n) is 8.88. The number of nitro benzene ring substituents is 1. The largest absolute Gasteiger partial charge is 0.356 e. The Kier molecular flexibility index (Phi) is 4.06. The first-order chi connectivity index (χ1) is 12.5. The van der Waals surface area contributed by atoms with E-state index in [0.717, 1.165) is 35.8 Å². The highest BCUT2D eigenvalue weighted by Crippen LogP contribution is 2.28. The molecule has 26 heavy (non-hydrogen) atoms. The van der Waals surface area contributed by atoms with Gasteiger partial charge >= 0.3 is 0 Å². The first-order valence-corrected chi connectivity index (χ1v) is 8.88. The summed E-state index contributed by atoms with van der Waals surface area (Å²) in [4.78, 5) is 17.6. The van der Waals surface area contributed by atoms with Crippen LogP contribution in [0, 0.1) is 23.0 Å². The minimum atomic E-state index is -0.387. The molecule has 0 bridgehead atoms. The van der Waals surface area contributed by atoms with Crippen molar-refractivity contribution in [3.63, 3.8) is 0 Å². The van der Waals surface area contributed by atoms with Gasteiger partial charge in [0.05, 0.1) is 10.6 Å². The average molecular weight is 351 g/mol. The molecule has 0 saturated carbocycles. The standard InChI is InChI=1S/C19H21N5O2/c1-13-5-4-8-22(12-13)19-9-14(2)20-18-11-17(21-23(18)19)15-6-3-7-16(10-15)24(25)26/h3,6-7,9-11,13H,4-5,8,12H2,1-2H3/t13-/m1/s1. The second kappa shape index (κ2) is 6.40. The average Bonchev–Trinajstić information content (AvgIpc) is 3.05. The van der Waals surface area contributed by atoms with E-state index in [-0.39, 0.29) is 10.6 Å². The molecule has 0 spiro atoms. The van der Waals surface area contributed by atoms with E-state index in [0.29, 0.717) is 11.6 Å². The third kappa shape index (κ3) is 3.00. The van der Waals surface area contributed by atoms with Crippen molar-refractivity contribution in [3.8, 4) is 11.3 Å². The Morgan fingerprint density at radius 2 is 2.12 bits per heavy atom. The highest BCUT2D eigenvalue weighted by molar-refractivity contribution is 5.68. The third-order valence-corrected chi connectivity index (χ3v) is 4.87. The number of nitro groups is 1. The van der Waals surface area contributed by atoms with Gasteiger partial charge in [0.25, 0.3) is 5.69 Å². The fraction of sp³-hybridized carbons (Fsp3) is 0.368. The summed E-state index contributed by atoms with van der Waals surface area (Å²) in [5.41, 5.74) is 3.18. The molecule has 1 aromatic carbocycles. The number of non-ortho nitro benzene ring substituents is 1. The molecule has 7 heteroatoms. The van der Waals surface area contributed by atoms with Crippen molar-refractivity contribution in [1.29, 1.82) is 0 Å². The Bertz CT molecular complexity index is 981. The Labute approximate surface area is 151 Å². The third-order valence-electron chi connectivity index (χ3n) is 4.87. The summed E-state index contributed by atoms with van der Waals surface area (Å²) >= 11 is 0. The van der Waals surface area contributed by atoms with Gasteiger partial charge in [0.15, 0.2) is 5.65 Å². The number of fused-ring (bicyclic) bond motifs is 1. The monoisotopic (exact) mass is 351 g/mol. The number of nitrogens with zero attached hydrogens (tertiary/aromatic N) is 5. The van der Waals surface area contributed by atoms with Crippen LogP contribution in [0.3, 0.4) is 0 Å². The molecule has 1 saturated heterocycles. The molecule has 7 nitrogen and oxygen atoms in total. The lowest BCUT2D eigenvalue weighted by Gasteiger charge is -2.32. The Morgan fingerprint density at radius 3 is 2.88 bits per heavy atom. The van der Waals surface area contributed by atoms with E-state index in [1.807, 2.05) is 23.6 Å². The number of piperidine rings is 1. The summed E-state index contributed by atoms with van der Waals surface area (Å²) in [6, 6.07) is 10.5. The van der Waals surface area contributed by atoms with E-state index in [4.69, 9.17) is 5.10 Å². The fourth-order valence-corrected chi connectivity index (χ4v) is 3.62. The Hall–Kier alpha value is -2.96. The summed E-state index contributed by atoms with van der Waals surface area (Å²) in [7, 11) is 0. The van der Waals surface area contributed by atoms with Crippen LogP contribution in [-0.2, 0) is 0 Å².